The topological polar surface area (TPSA) is 52.6 Å². The van der Waals surface area contributed by atoms with Crippen LogP contribution in [0.25, 0.3) is 0 Å². The molecule has 0 aliphatic heterocycles. The van der Waals surface area contributed by atoms with Gasteiger partial charge in [0.1, 0.15) is 12.4 Å². The molecule has 0 radical (unpaired) electrons. The van der Waals surface area contributed by atoms with Crippen LogP contribution in [0.1, 0.15) is 6.92 Å². The molecule has 0 heterocycles. The van der Waals surface area contributed by atoms with Crippen LogP contribution < -0.4 is 4.74 Å². The van der Waals surface area contributed by atoms with E-state index < -0.39 is 13.7 Å². The summed E-state index contributed by atoms with van der Waals surface area (Å²) < 4.78 is 20.4. The fourth-order valence-corrected chi connectivity index (χ4v) is 1.32. The minimum atomic E-state index is -2.38. The van der Waals surface area contributed by atoms with Crippen molar-refractivity contribution < 1.29 is 18.6 Å². The van der Waals surface area contributed by atoms with Gasteiger partial charge < -0.3 is 4.74 Å². The fraction of sp³-hybridized carbons (Fsp3) is 0.222. The summed E-state index contributed by atoms with van der Waals surface area (Å²) in [6.45, 7) is 1.88. The van der Waals surface area contributed by atoms with Crippen molar-refractivity contribution in [3.63, 3.8) is 0 Å². The van der Waals surface area contributed by atoms with Crippen molar-refractivity contribution in [2.24, 2.45) is 0 Å². The third-order valence-electron chi connectivity index (χ3n) is 1.34. The van der Waals surface area contributed by atoms with E-state index in [1.807, 2.05) is 0 Å². The van der Waals surface area contributed by atoms with Gasteiger partial charge in [-0.25, -0.2) is 0 Å². The second kappa shape index (κ2) is 5.47. The van der Waals surface area contributed by atoms with Crippen molar-refractivity contribution >= 4 is 13.7 Å². The predicted octanol–water partition coefficient (Wildman–Crippen LogP) is 2.96. The fourth-order valence-electron chi connectivity index (χ4n) is 0.797. The van der Waals surface area contributed by atoms with E-state index in [1.54, 1.807) is 37.3 Å². The number of rotatable bonds is 4. The van der Waals surface area contributed by atoms with Crippen molar-refractivity contribution in [2.45, 2.75) is 6.92 Å². The lowest BCUT2D eigenvalue weighted by molar-refractivity contribution is 0.218. The van der Waals surface area contributed by atoms with Gasteiger partial charge >= 0.3 is 13.7 Å². The van der Waals surface area contributed by atoms with Gasteiger partial charge in [-0.15, -0.1) is 4.52 Å². The second-order valence-corrected chi connectivity index (χ2v) is 3.49. The van der Waals surface area contributed by atoms with Crippen LogP contribution >= 0.6 is 8.03 Å². The molecule has 0 spiro atoms. The Bertz CT molecular complexity index is 323. The van der Waals surface area contributed by atoms with E-state index in [9.17, 15) is 9.36 Å². The quantitative estimate of drug-likeness (QED) is 0.721. The zero-order valence-electron chi connectivity index (χ0n) is 7.67. The minimum Gasteiger partial charge on any atom is -0.386 e. The lowest BCUT2D eigenvalue weighted by Crippen LogP contribution is -2.01. The van der Waals surface area contributed by atoms with E-state index in [4.69, 9.17) is 4.74 Å². The van der Waals surface area contributed by atoms with Crippen molar-refractivity contribution in [1.29, 1.82) is 0 Å². The van der Waals surface area contributed by atoms with Crippen LogP contribution in [0.4, 0.5) is 4.79 Å². The molecule has 0 bridgehead atoms. The molecular formula is C9H10O4P+. The Kier molecular flexibility index (Phi) is 4.23. The van der Waals surface area contributed by atoms with Crippen molar-refractivity contribution in [3.8, 4) is 5.75 Å². The number of benzene rings is 1. The monoisotopic (exact) mass is 213 g/mol. The van der Waals surface area contributed by atoms with Gasteiger partial charge in [-0.05, 0) is 23.6 Å². The van der Waals surface area contributed by atoms with Crippen molar-refractivity contribution in [3.05, 3.63) is 30.3 Å². The summed E-state index contributed by atoms with van der Waals surface area (Å²) in [7, 11) is -2.38. The molecule has 74 valence electrons. The molecule has 0 aromatic heterocycles. The highest BCUT2D eigenvalue weighted by Crippen LogP contribution is 2.26. The summed E-state index contributed by atoms with van der Waals surface area (Å²) in [4.78, 5) is 11.1. The van der Waals surface area contributed by atoms with Crippen LogP contribution in [0.15, 0.2) is 30.3 Å². The van der Waals surface area contributed by atoms with Crippen LogP contribution in [0.5, 0.6) is 5.75 Å². The minimum absolute atomic E-state index is 0.221. The third kappa shape index (κ3) is 3.24. The van der Waals surface area contributed by atoms with Crippen LogP contribution in [-0.4, -0.2) is 12.3 Å². The van der Waals surface area contributed by atoms with Gasteiger partial charge in [0, 0.05) is 0 Å². The van der Waals surface area contributed by atoms with E-state index in [1.165, 1.54) is 0 Å². The van der Waals surface area contributed by atoms with Crippen LogP contribution in [0.2, 0.25) is 0 Å². The maximum Gasteiger partial charge on any atom is 0.636 e. The highest BCUT2D eigenvalue weighted by atomic mass is 31.1. The van der Waals surface area contributed by atoms with Gasteiger partial charge in [0.25, 0.3) is 0 Å². The first-order valence-electron chi connectivity index (χ1n) is 4.11. The van der Waals surface area contributed by atoms with E-state index in [0.29, 0.717) is 5.75 Å². The SMILES string of the molecule is CCO[P+](=O)C(=O)Oc1ccccc1. The Morgan fingerprint density at radius 3 is 2.57 bits per heavy atom. The summed E-state index contributed by atoms with van der Waals surface area (Å²) >= 11 is 0. The zero-order chi connectivity index (χ0) is 10.4. The average molecular weight is 213 g/mol. The Labute approximate surface area is 82.7 Å². The molecular weight excluding hydrogens is 203 g/mol. The zero-order valence-corrected chi connectivity index (χ0v) is 8.57. The van der Waals surface area contributed by atoms with E-state index in [-0.39, 0.29) is 6.61 Å². The van der Waals surface area contributed by atoms with Gasteiger partial charge in [-0.1, -0.05) is 18.2 Å². The second-order valence-electron chi connectivity index (χ2n) is 2.36. The highest BCUT2D eigenvalue weighted by Gasteiger charge is 2.33. The summed E-state index contributed by atoms with van der Waals surface area (Å²) in [5.74, 6) is 0.362. The predicted molar refractivity (Wildman–Crippen MR) is 51.7 cm³/mol. The molecule has 1 aromatic carbocycles. The van der Waals surface area contributed by atoms with Crippen molar-refractivity contribution in [2.75, 3.05) is 6.61 Å². The molecule has 1 rings (SSSR count). The molecule has 0 saturated heterocycles. The summed E-state index contributed by atoms with van der Waals surface area (Å²) in [6.07, 6.45) is 0. The smallest absolute Gasteiger partial charge is 0.386 e. The molecule has 14 heavy (non-hydrogen) atoms. The molecule has 0 saturated carbocycles. The third-order valence-corrected chi connectivity index (χ3v) is 2.23. The number of ether oxygens (including phenoxy) is 1. The molecule has 4 nitrogen and oxygen atoms in total. The summed E-state index contributed by atoms with van der Waals surface area (Å²) in [5.41, 5.74) is -0.854. The largest absolute Gasteiger partial charge is 0.636 e. The number of carbonyl (C=O) groups is 1. The standard InChI is InChI=1S/C9H10O4P/c1-2-12-14(11)9(10)13-8-6-4-3-5-7-8/h3-7H,2H2,1H3/q+1. The Morgan fingerprint density at radius 1 is 1.36 bits per heavy atom. The number of carbonyl (C=O) groups excluding carboxylic acids is 1. The van der Waals surface area contributed by atoms with Gasteiger partial charge in [-0.2, -0.15) is 4.79 Å². The maximum absolute atomic E-state index is 11.1. The van der Waals surface area contributed by atoms with Gasteiger partial charge in [-0.3, -0.25) is 0 Å². The van der Waals surface area contributed by atoms with Gasteiger partial charge in [0.05, 0.1) is 0 Å². The van der Waals surface area contributed by atoms with Gasteiger partial charge in [0.15, 0.2) is 0 Å². The van der Waals surface area contributed by atoms with E-state index in [0.717, 1.165) is 0 Å². The highest BCUT2D eigenvalue weighted by molar-refractivity contribution is 7.58. The number of hydrogen-bond acceptors (Lipinski definition) is 4. The Hall–Kier alpha value is -1.25. The Balaban J connectivity index is 2.53. The summed E-state index contributed by atoms with van der Waals surface area (Å²) in [6, 6.07) is 8.44. The molecule has 5 heteroatoms. The van der Waals surface area contributed by atoms with Crippen LogP contribution in [0, 0.1) is 0 Å². The lowest BCUT2D eigenvalue weighted by atomic mass is 10.3. The summed E-state index contributed by atoms with van der Waals surface area (Å²) in [5, 5.41) is 0. The number of hydrogen-bond donors (Lipinski definition) is 0. The first-order valence-corrected chi connectivity index (χ1v) is 5.29. The molecule has 1 unspecified atom stereocenters. The lowest BCUT2D eigenvalue weighted by Gasteiger charge is -1.94. The number of para-hydroxylation sites is 1. The molecule has 0 amide bonds. The molecule has 0 aliphatic carbocycles. The van der Waals surface area contributed by atoms with Gasteiger partial charge in [0.2, 0.25) is 0 Å². The molecule has 0 N–H and O–H groups in total. The van der Waals surface area contributed by atoms with Crippen LogP contribution in [0.3, 0.4) is 0 Å². The normalized spacial score (nSPS) is 10.8. The molecule has 1 atom stereocenters. The molecule has 0 fully saturated rings. The molecule has 1 aromatic rings. The average Bonchev–Trinajstić information content (AvgIpc) is 2.19. The first kappa shape index (κ1) is 10.8. The van der Waals surface area contributed by atoms with Crippen molar-refractivity contribution in [1.82, 2.24) is 0 Å². The van der Waals surface area contributed by atoms with Crippen LogP contribution in [-0.2, 0) is 9.09 Å². The van der Waals surface area contributed by atoms with E-state index in [2.05, 4.69) is 4.52 Å². The Morgan fingerprint density at radius 2 is 2.00 bits per heavy atom. The maximum atomic E-state index is 11.1. The molecule has 0 aliphatic rings. The van der Waals surface area contributed by atoms with E-state index >= 15 is 0 Å². The first-order chi connectivity index (χ1) is 6.74.